The maximum atomic E-state index is 15.0. The van der Waals surface area contributed by atoms with Gasteiger partial charge in [-0.1, -0.05) is 71.0 Å². The van der Waals surface area contributed by atoms with Gasteiger partial charge in [0.2, 0.25) is 0 Å². The number of halogens is 1. The normalized spacial score (nSPS) is 24.8. The number of allylic oxidation sites excluding steroid dienone is 1. The highest BCUT2D eigenvalue weighted by Crippen LogP contribution is 2.46. The van der Waals surface area contributed by atoms with Crippen molar-refractivity contribution in [3.8, 4) is 0 Å². The van der Waals surface area contributed by atoms with Crippen LogP contribution < -0.4 is 0 Å². The van der Waals surface area contributed by atoms with Crippen molar-refractivity contribution in [3.63, 3.8) is 0 Å². The van der Waals surface area contributed by atoms with Gasteiger partial charge in [0, 0.05) is 11.8 Å². The fourth-order valence-corrected chi connectivity index (χ4v) is 5.65. The standard InChI is InChI=1S/C33H51FO3/c1-9-17-33(34,25(3)4)24-37-23-32(36)21-19-31(20-22-32,26(5)35)18-11-12-27(10-2)28-13-15-29(16-14-28)30(6,7)8/h9,13-16,27,36H,1,3,10-12,17-24H2,2,4-8H3. The van der Waals surface area contributed by atoms with Crippen LogP contribution in [0, 0.1) is 5.41 Å². The number of benzene rings is 1. The molecule has 0 saturated heterocycles. The van der Waals surface area contributed by atoms with Gasteiger partial charge in [-0.25, -0.2) is 4.39 Å². The van der Waals surface area contributed by atoms with E-state index in [9.17, 15) is 9.90 Å². The second-order valence-corrected chi connectivity index (χ2v) is 12.7. The van der Waals surface area contributed by atoms with Crippen molar-refractivity contribution in [2.75, 3.05) is 13.2 Å². The molecule has 0 amide bonds. The van der Waals surface area contributed by atoms with Gasteiger partial charge in [-0.15, -0.1) is 6.58 Å². The highest BCUT2D eigenvalue weighted by Gasteiger charge is 2.44. The van der Waals surface area contributed by atoms with Crippen molar-refractivity contribution >= 4 is 5.78 Å². The number of hydrogen-bond acceptors (Lipinski definition) is 3. The number of ether oxygens (including phenoxy) is 1. The third-order valence-electron chi connectivity index (χ3n) is 8.77. The van der Waals surface area contributed by atoms with Crippen LogP contribution in [0.15, 0.2) is 49.1 Å². The maximum Gasteiger partial charge on any atom is 0.158 e. The Morgan fingerprint density at radius 1 is 1.16 bits per heavy atom. The molecular formula is C33H51FO3. The molecule has 0 heterocycles. The molecule has 2 unspecified atom stereocenters. The van der Waals surface area contributed by atoms with Crippen molar-refractivity contribution in [2.24, 2.45) is 5.41 Å². The van der Waals surface area contributed by atoms with Crippen LogP contribution in [0.25, 0.3) is 0 Å². The summed E-state index contributed by atoms with van der Waals surface area (Å²) in [6.07, 6.45) is 7.89. The van der Waals surface area contributed by atoms with Gasteiger partial charge in [0.05, 0.1) is 18.8 Å². The largest absolute Gasteiger partial charge is 0.387 e. The summed E-state index contributed by atoms with van der Waals surface area (Å²) in [7, 11) is 0. The van der Waals surface area contributed by atoms with Crippen LogP contribution in [0.5, 0.6) is 0 Å². The minimum absolute atomic E-state index is 0.0690. The molecule has 208 valence electrons. The van der Waals surface area contributed by atoms with E-state index in [0.717, 1.165) is 25.7 Å². The summed E-state index contributed by atoms with van der Waals surface area (Å²) in [6.45, 7) is 19.6. The maximum absolute atomic E-state index is 15.0. The summed E-state index contributed by atoms with van der Waals surface area (Å²) in [6, 6.07) is 9.04. The Kier molecular flexibility index (Phi) is 10.9. The van der Waals surface area contributed by atoms with Crippen LogP contribution in [0.4, 0.5) is 4.39 Å². The Morgan fingerprint density at radius 2 is 1.76 bits per heavy atom. The minimum atomic E-state index is -1.67. The zero-order chi connectivity index (χ0) is 27.9. The summed E-state index contributed by atoms with van der Waals surface area (Å²) in [4.78, 5) is 12.8. The first kappa shape index (κ1) is 31.4. The van der Waals surface area contributed by atoms with Crippen molar-refractivity contribution in [1.29, 1.82) is 0 Å². The SMILES string of the molecule is C=CCC(F)(COCC1(O)CCC(CCCC(CC)c2ccc(C(C)(C)C)cc2)(C(C)=O)CC1)C(=C)C. The lowest BCUT2D eigenvalue weighted by Crippen LogP contribution is -2.46. The average Bonchev–Trinajstić information content (AvgIpc) is 2.83. The summed E-state index contributed by atoms with van der Waals surface area (Å²) in [5, 5.41) is 11.1. The van der Waals surface area contributed by atoms with Gasteiger partial charge in [0.15, 0.2) is 5.67 Å². The number of Topliss-reactive ketones (excluding diaryl/α,β-unsaturated/α-hetero) is 1. The van der Waals surface area contributed by atoms with Crippen molar-refractivity contribution in [3.05, 3.63) is 60.2 Å². The number of carbonyl (C=O) groups excluding carboxylic acids is 1. The third kappa shape index (κ3) is 8.35. The van der Waals surface area contributed by atoms with Gasteiger partial charge in [0.25, 0.3) is 0 Å². The van der Waals surface area contributed by atoms with E-state index in [4.69, 9.17) is 4.74 Å². The van der Waals surface area contributed by atoms with Crippen molar-refractivity contribution < 1.29 is 19.0 Å². The lowest BCUT2D eigenvalue weighted by atomic mass is 9.64. The van der Waals surface area contributed by atoms with E-state index in [1.807, 2.05) is 0 Å². The number of rotatable bonds is 14. The molecule has 0 radical (unpaired) electrons. The molecule has 0 spiro atoms. The van der Waals surface area contributed by atoms with E-state index in [1.165, 1.54) is 17.2 Å². The Labute approximate surface area is 225 Å². The molecule has 3 nitrogen and oxygen atoms in total. The van der Waals surface area contributed by atoms with Crippen LogP contribution in [0.3, 0.4) is 0 Å². The van der Waals surface area contributed by atoms with Gasteiger partial charge in [-0.05, 0) is 86.8 Å². The molecule has 1 aromatic rings. The molecule has 1 N–H and O–H groups in total. The van der Waals surface area contributed by atoms with Crippen LogP contribution in [-0.4, -0.2) is 35.4 Å². The molecular weight excluding hydrogens is 463 g/mol. The molecule has 0 aliphatic heterocycles. The fraction of sp³-hybridized carbons (Fsp3) is 0.667. The van der Waals surface area contributed by atoms with Crippen LogP contribution in [0.2, 0.25) is 0 Å². The summed E-state index contributed by atoms with van der Waals surface area (Å²) >= 11 is 0. The van der Waals surface area contributed by atoms with E-state index < -0.39 is 11.3 Å². The lowest BCUT2D eigenvalue weighted by molar-refractivity contribution is -0.138. The Bertz CT molecular complexity index is 902. The van der Waals surface area contributed by atoms with Gasteiger partial charge in [-0.3, -0.25) is 4.79 Å². The molecule has 0 bridgehead atoms. The number of ketones is 1. The molecule has 1 aliphatic carbocycles. The van der Waals surface area contributed by atoms with Crippen LogP contribution in [0.1, 0.15) is 116 Å². The van der Waals surface area contributed by atoms with E-state index in [0.29, 0.717) is 37.2 Å². The minimum Gasteiger partial charge on any atom is -0.387 e. The number of alkyl halides is 1. The highest BCUT2D eigenvalue weighted by molar-refractivity contribution is 5.82. The van der Waals surface area contributed by atoms with E-state index in [1.54, 1.807) is 13.8 Å². The first-order chi connectivity index (χ1) is 17.2. The predicted molar refractivity (Wildman–Crippen MR) is 153 cm³/mol. The smallest absolute Gasteiger partial charge is 0.158 e. The topological polar surface area (TPSA) is 46.5 Å². The van der Waals surface area contributed by atoms with Crippen molar-refractivity contribution in [1.82, 2.24) is 0 Å². The summed E-state index contributed by atoms with van der Waals surface area (Å²) in [5.74, 6) is 0.700. The van der Waals surface area contributed by atoms with Gasteiger partial charge in [0.1, 0.15) is 5.78 Å². The number of aliphatic hydroxyl groups is 1. The Balaban J connectivity index is 1.93. The zero-order valence-corrected chi connectivity index (χ0v) is 24.3. The molecule has 2 rings (SSSR count). The van der Waals surface area contributed by atoms with Crippen LogP contribution in [-0.2, 0) is 14.9 Å². The van der Waals surface area contributed by atoms with Gasteiger partial charge < -0.3 is 9.84 Å². The average molecular weight is 515 g/mol. The molecule has 1 saturated carbocycles. The Hall–Kier alpha value is -1.78. The first-order valence-electron chi connectivity index (χ1n) is 14.1. The molecule has 37 heavy (non-hydrogen) atoms. The second kappa shape index (κ2) is 12.8. The monoisotopic (exact) mass is 514 g/mol. The molecule has 0 aromatic heterocycles. The number of hydrogen-bond donors (Lipinski definition) is 1. The predicted octanol–water partition coefficient (Wildman–Crippen LogP) is 8.41. The molecule has 1 aliphatic rings. The molecule has 2 atom stereocenters. The van der Waals surface area contributed by atoms with Crippen LogP contribution >= 0.6 is 0 Å². The zero-order valence-electron chi connectivity index (χ0n) is 24.3. The van der Waals surface area contributed by atoms with Crippen molar-refractivity contribution in [2.45, 2.75) is 122 Å². The summed E-state index contributed by atoms with van der Waals surface area (Å²) < 4.78 is 20.7. The second-order valence-electron chi connectivity index (χ2n) is 12.7. The molecule has 1 aromatic carbocycles. The fourth-order valence-electron chi connectivity index (χ4n) is 5.65. The van der Waals surface area contributed by atoms with Gasteiger partial charge >= 0.3 is 0 Å². The van der Waals surface area contributed by atoms with Gasteiger partial charge in [-0.2, -0.15) is 0 Å². The molecule has 1 fully saturated rings. The Morgan fingerprint density at radius 3 is 2.22 bits per heavy atom. The molecule has 4 heteroatoms. The lowest BCUT2D eigenvalue weighted by Gasteiger charge is -2.43. The highest BCUT2D eigenvalue weighted by atomic mass is 19.1. The number of carbonyl (C=O) groups is 1. The first-order valence-corrected chi connectivity index (χ1v) is 14.1. The summed E-state index contributed by atoms with van der Waals surface area (Å²) in [5.41, 5.74) is 0.186. The quantitative estimate of drug-likeness (QED) is 0.254. The van der Waals surface area contributed by atoms with E-state index in [-0.39, 0.29) is 36.2 Å². The third-order valence-corrected chi connectivity index (χ3v) is 8.77. The van der Waals surface area contributed by atoms with E-state index in [2.05, 4.69) is 65.1 Å². The van der Waals surface area contributed by atoms with E-state index >= 15 is 4.39 Å².